The average Bonchev–Trinajstić information content (AvgIpc) is 3.00. The molecule has 4 heteroatoms. The summed E-state index contributed by atoms with van der Waals surface area (Å²) >= 11 is 0. The Morgan fingerprint density at radius 3 is 1.64 bits per heavy atom. The maximum Gasteiger partial charge on any atom is 0.0810 e. The number of hydrogen-bond donors (Lipinski definition) is 2. The first-order chi connectivity index (χ1) is 6.95. The summed E-state index contributed by atoms with van der Waals surface area (Å²) in [5.74, 6) is 0. The lowest BCUT2D eigenvalue weighted by atomic mass is 10.2. The van der Waals surface area contributed by atoms with E-state index in [2.05, 4.69) is 10.9 Å². The zero-order chi connectivity index (χ0) is 9.64. The Kier molecular flexibility index (Phi) is 4.19. The van der Waals surface area contributed by atoms with Crippen molar-refractivity contribution in [2.45, 2.75) is 37.9 Å². The molecule has 14 heavy (non-hydrogen) atoms. The first kappa shape index (κ1) is 10.4. The van der Waals surface area contributed by atoms with E-state index in [9.17, 15) is 0 Å². The van der Waals surface area contributed by atoms with E-state index in [4.69, 9.17) is 9.47 Å². The second-order valence-corrected chi connectivity index (χ2v) is 4.05. The minimum absolute atomic E-state index is 0.573. The maximum atomic E-state index is 5.12. The molecule has 0 spiro atoms. The molecule has 0 amide bonds. The summed E-state index contributed by atoms with van der Waals surface area (Å²) in [6.07, 6.45) is 5.94. The van der Waals surface area contributed by atoms with Crippen LogP contribution >= 0.6 is 0 Å². The molecule has 4 nitrogen and oxygen atoms in total. The van der Waals surface area contributed by atoms with Gasteiger partial charge in [-0.1, -0.05) is 0 Å². The predicted octanol–water partition coefficient (Wildman–Crippen LogP) is 0.439. The quantitative estimate of drug-likeness (QED) is 0.322. The largest absolute Gasteiger partial charge is 0.373 e. The van der Waals surface area contributed by atoms with E-state index in [0.29, 0.717) is 12.2 Å². The summed E-state index contributed by atoms with van der Waals surface area (Å²) in [5.41, 5.74) is 6.43. The molecule has 2 aliphatic heterocycles. The Bertz CT molecular complexity index is 140. The minimum Gasteiger partial charge on any atom is -0.373 e. The van der Waals surface area contributed by atoms with Crippen LogP contribution in [0.25, 0.3) is 0 Å². The van der Waals surface area contributed by atoms with Gasteiger partial charge in [-0.05, 0) is 25.7 Å². The number of hydrogen-bond acceptors (Lipinski definition) is 4. The van der Waals surface area contributed by atoms with Gasteiger partial charge in [0, 0.05) is 13.1 Å². The second-order valence-electron chi connectivity index (χ2n) is 4.05. The molecule has 2 saturated heterocycles. The van der Waals surface area contributed by atoms with E-state index in [-0.39, 0.29) is 0 Å². The molecule has 2 atom stereocenters. The third-order valence-electron chi connectivity index (χ3n) is 2.59. The number of hydrazine groups is 1. The van der Waals surface area contributed by atoms with Crippen LogP contribution in [-0.2, 0) is 9.47 Å². The molecule has 0 aliphatic carbocycles. The van der Waals surface area contributed by atoms with Crippen LogP contribution in [0.15, 0.2) is 0 Å². The minimum atomic E-state index is 0.573. The van der Waals surface area contributed by atoms with Crippen LogP contribution in [-0.4, -0.2) is 38.5 Å². The van der Waals surface area contributed by atoms with Crippen LogP contribution in [0.1, 0.15) is 25.7 Å². The lowest BCUT2D eigenvalue weighted by molar-refractivity contribution is 0.378. The highest BCUT2D eigenvalue weighted by molar-refractivity contribution is 4.69. The summed E-state index contributed by atoms with van der Waals surface area (Å²) in [5, 5.41) is 0. The first-order valence-corrected chi connectivity index (χ1v) is 5.64. The normalized spacial score (nSPS) is 29.1. The van der Waals surface area contributed by atoms with Gasteiger partial charge in [0.15, 0.2) is 0 Å². The molecule has 0 aromatic heterocycles. The smallest absolute Gasteiger partial charge is 0.0810 e. The molecule has 2 N–H and O–H groups in total. The highest BCUT2D eigenvalue weighted by Gasteiger charge is 2.21. The predicted molar refractivity (Wildman–Crippen MR) is 54.0 cm³/mol. The van der Waals surface area contributed by atoms with Gasteiger partial charge in [0.1, 0.15) is 0 Å². The third-order valence-corrected chi connectivity index (χ3v) is 2.59. The fourth-order valence-electron chi connectivity index (χ4n) is 1.48. The number of ether oxygens (including phenoxy) is 2. The van der Waals surface area contributed by atoms with Crippen molar-refractivity contribution in [2.24, 2.45) is 0 Å². The first-order valence-electron chi connectivity index (χ1n) is 5.64. The fraction of sp³-hybridized carbons (Fsp3) is 1.00. The summed E-state index contributed by atoms with van der Waals surface area (Å²) in [6, 6.07) is 0. The Hall–Kier alpha value is -0.160. The van der Waals surface area contributed by atoms with Crippen molar-refractivity contribution in [3.63, 3.8) is 0 Å². The molecule has 2 rings (SSSR count). The van der Waals surface area contributed by atoms with E-state index >= 15 is 0 Å². The molecule has 2 aliphatic rings. The zero-order valence-electron chi connectivity index (χ0n) is 8.63. The van der Waals surface area contributed by atoms with E-state index in [1.54, 1.807) is 0 Å². The van der Waals surface area contributed by atoms with Crippen LogP contribution in [0.4, 0.5) is 0 Å². The van der Waals surface area contributed by atoms with E-state index in [0.717, 1.165) is 26.3 Å². The molecule has 0 aromatic carbocycles. The summed E-state index contributed by atoms with van der Waals surface area (Å²) < 4.78 is 10.2. The lowest BCUT2D eigenvalue weighted by Gasteiger charge is -2.05. The molecule has 2 unspecified atom stereocenters. The zero-order valence-corrected chi connectivity index (χ0v) is 8.63. The van der Waals surface area contributed by atoms with Crippen molar-refractivity contribution >= 4 is 0 Å². The summed E-state index contributed by atoms with van der Waals surface area (Å²) in [4.78, 5) is 0. The van der Waals surface area contributed by atoms with Crippen molar-refractivity contribution in [3.8, 4) is 0 Å². The molecular weight excluding hydrogens is 180 g/mol. The number of nitrogens with one attached hydrogen (secondary N) is 2. The number of rotatable bonds is 9. The van der Waals surface area contributed by atoms with Gasteiger partial charge in [0.2, 0.25) is 0 Å². The molecule has 2 heterocycles. The van der Waals surface area contributed by atoms with Crippen LogP contribution in [0.2, 0.25) is 0 Å². The average molecular weight is 200 g/mol. The second kappa shape index (κ2) is 5.66. The molecule has 0 saturated carbocycles. The van der Waals surface area contributed by atoms with Gasteiger partial charge in [0.05, 0.1) is 25.4 Å². The van der Waals surface area contributed by atoms with Crippen molar-refractivity contribution < 1.29 is 9.47 Å². The standard InChI is InChI=1S/C10H20N2O2/c1(3-9-7-13-9)5-11-12-6-2-4-10-8-14-10/h9-12H,1-8H2. The van der Waals surface area contributed by atoms with Gasteiger partial charge in [-0.25, -0.2) is 0 Å². The molecular formula is C10H20N2O2. The van der Waals surface area contributed by atoms with Gasteiger partial charge in [-0.15, -0.1) is 0 Å². The van der Waals surface area contributed by atoms with Gasteiger partial charge < -0.3 is 9.47 Å². The van der Waals surface area contributed by atoms with Crippen molar-refractivity contribution in [3.05, 3.63) is 0 Å². The van der Waals surface area contributed by atoms with Gasteiger partial charge in [-0.3, -0.25) is 10.9 Å². The lowest BCUT2D eigenvalue weighted by Crippen LogP contribution is -2.33. The Balaban J connectivity index is 1.25. The molecule has 82 valence electrons. The van der Waals surface area contributed by atoms with Gasteiger partial charge >= 0.3 is 0 Å². The molecule has 0 bridgehead atoms. The summed E-state index contributed by atoms with van der Waals surface area (Å²) in [7, 11) is 0. The van der Waals surface area contributed by atoms with E-state index in [1.165, 1.54) is 25.7 Å². The van der Waals surface area contributed by atoms with E-state index in [1.807, 2.05) is 0 Å². The van der Waals surface area contributed by atoms with Crippen LogP contribution in [0, 0.1) is 0 Å². The fourth-order valence-corrected chi connectivity index (χ4v) is 1.48. The van der Waals surface area contributed by atoms with Gasteiger partial charge in [-0.2, -0.15) is 0 Å². The Morgan fingerprint density at radius 2 is 1.29 bits per heavy atom. The van der Waals surface area contributed by atoms with Crippen molar-refractivity contribution in [1.29, 1.82) is 0 Å². The maximum absolute atomic E-state index is 5.12. The molecule has 0 radical (unpaired) electrons. The third kappa shape index (κ3) is 4.91. The Morgan fingerprint density at radius 1 is 0.857 bits per heavy atom. The summed E-state index contributed by atoms with van der Waals surface area (Å²) in [6.45, 7) is 4.04. The van der Waals surface area contributed by atoms with Crippen LogP contribution in [0.5, 0.6) is 0 Å². The van der Waals surface area contributed by atoms with E-state index < -0.39 is 0 Å². The molecule has 2 fully saturated rings. The SMILES string of the molecule is C(CNNCCCC1CO1)CC1CO1. The van der Waals surface area contributed by atoms with Crippen molar-refractivity contribution in [2.75, 3.05) is 26.3 Å². The highest BCUT2D eigenvalue weighted by atomic mass is 16.6. The Labute approximate surface area is 85.3 Å². The monoisotopic (exact) mass is 200 g/mol. The molecule has 0 aromatic rings. The highest BCUT2D eigenvalue weighted by Crippen LogP contribution is 2.15. The van der Waals surface area contributed by atoms with Crippen LogP contribution < -0.4 is 10.9 Å². The number of epoxide rings is 2. The van der Waals surface area contributed by atoms with Gasteiger partial charge in [0.25, 0.3) is 0 Å². The topological polar surface area (TPSA) is 49.1 Å². The van der Waals surface area contributed by atoms with Crippen molar-refractivity contribution in [1.82, 2.24) is 10.9 Å². The van der Waals surface area contributed by atoms with Crippen LogP contribution in [0.3, 0.4) is 0 Å².